The topological polar surface area (TPSA) is 50.8 Å². The summed E-state index contributed by atoms with van der Waals surface area (Å²) in [5, 5.41) is 3.12. The summed E-state index contributed by atoms with van der Waals surface area (Å²) in [4.78, 5) is 13.7. The van der Waals surface area contributed by atoms with Crippen LogP contribution in [0.25, 0.3) is 0 Å². The highest BCUT2D eigenvalue weighted by Crippen LogP contribution is 2.10. The Balaban J connectivity index is 1.72. The van der Waals surface area contributed by atoms with E-state index in [0.717, 1.165) is 0 Å². The third kappa shape index (κ3) is 4.18. The van der Waals surface area contributed by atoms with Gasteiger partial charge in [0.2, 0.25) is 5.91 Å². The molecular weight excluding hydrogens is 263 g/mol. The Morgan fingerprint density at radius 3 is 2.90 bits per heavy atom. The zero-order chi connectivity index (χ0) is 14.4. The molecule has 2 rings (SSSR count). The van der Waals surface area contributed by atoms with Crippen LogP contribution in [0.4, 0.5) is 4.39 Å². The number of rotatable bonds is 5. The number of carbonyl (C=O) groups excluding carboxylic acids is 1. The molecule has 1 N–H and O–H groups in total. The summed E-state index contributed by atoms with van der Waals surface area (Å²) >= 11 is 0. The van der Waals surface area contributed by atoms with E-state index in [0.29, 0.717) is 38.7 Å². The number of ether oxygens (including phenoxy) is 2. The van der Waals surface area contributed by atoms with Gasteiger partial charge in [-0.25, -0.2) is 4.39 Å². The molecule has 1 heterocycles. The highest BCUT2D eigenvalue weighted by Gasteiger charge is 2.23. The van der Waals surface area contributed by atoms with Crippen molar-refractivity contribution in [2.75, 3.05) is 40.0 Å². The summed E-state index contributed by atoms with van der Waals surface area (Å²) in [6, 6.07) is 5.53. The van der Waals surface area contributed by atoms with E-state index >= 15 is 0 Å². The van der Waals surface area contributed by atoms with Gasteiger partial charge in [-0.2, -0.15) is 0 Å². The number of morpholine rings is 1. The molecule has 20 heavy (non-hydrogen) atoms. The number of amides is 1. The van der Waals surface area contributed by atoms with Gasteiger partial charge in [-0.05, 0) is 24.3 Å². The monoisotopic (exact) mass is 282 g/mol. The Labute approximate surface area is 117 Å². The van der Waals surface area contributed by atoms with Crippen LogP contribution in [-0.4, -0.2) is 56.8 Å². The van der Waals surface area contributed by atoms with Gasteiger partial charge in [-0.3, -0.25) is 4.79 Å². The maximum absolute atomic E-state index is 12.7. The Morgan fingerprint density at radius 1 is 1.50 bits per heavy atom. The van der Waals surface area contributed by atoms with Gasteiger partial charge in [0.15, 0.2) is 0 Å². The molecule has 1 aromatic carbocycles. The lowest BCUT2D eigenvalue weighted by molar-refractivity contribution is -0.135. The molecule has 0 spiro atoms. The highest BCUT2D eigenvalue weighted by molar-refractivity contribution is 5.81. The first-order valence-electron chi connectivity index (χ1n) is 6.61. The maximum Gasteiger partial charge on any atom is 0.241 e. The molecule has 1 aromatic rings. The van der Waals surface area contributed by atoms with Crippen molar-refractivity contribution in [3.8, 4) is 5.75 Å². The second kappa shape index (κ2) is 7.21. The van der Waals surface area contributed by atoms with Gasteiger partial charge >= 0.3 is 0 Å². The zero-order valence-electron chi connectivity index (χ0n) is 11.5. The molecule has 1 unspecified atom stereocenters. The number of hydrogen-bond acceptors (Lipinski definition) is 4. The minimum atomic E-state index is -0.298. The van der Waals surface area contributed by atoms with Crippen LogP contribution in [0.1, 0.15) is 0 Å². The fourth-order valence-electron chi connectivity index (χ4n) is 1.93. The molecule has 1 fully saturated rings. The van der Waals surface area contributed by atoms with E-state index in [4.69, 9.17) is 9.47 Å². The summed E-state index contributed by atoms with van der Waals surface area (Å²) in [7, 11) is 1.73. The van der Waals surface area contributed by atoms with Crippen molar-refractivity contribution in [2.45, 2.75) is 6.04 Å². The first kappa shape index (κ1) is 14.7. The molecule has 0 aliphatic carbocycles. The Kier molecular flexibility index (Phi) is 5.31. The second-order valence-corrected chi connectivity index (χ2v) is 4.64. The van der Waals surface area contributed by atoms with Crippen molar-refractivity contribution in [2.24, 2.45) is 0 Å². The standard InChI is InChI=1S/C14H19FN2O3/c1-17(14(18)13-10-19-8-6-16-13)7-9-20-12-4-2-11(15)3-5-12/h2-5,13,16H,6-10H2,1H3. The first-order chi connectivity index (χ1) is 9.66. The average molecular weight is 282 g/mol. The molecule has 0 saturated carbocycles. The molecule has 1 aliphatic rings. The van der Waals surface area contributed by atoms with Gasteiger partial charge in [0.25, 0.3) is 0 Å². The minimum Gasteiger partial charge on any atom is -0.492 e. The van der Waals surface area contributed by atoms with Crippen molar-refractivity contribution in [1.82, 2.24) is 10.2 Å². The van der Waals surface area contributed by atoms with Crippen molar-refractivity contribution in [3.05, 3.63) is 30.1 Å². The van der Waals surface area contributed by atoms with Gasteiger partial charge in [0.1, 0.15) is 24.2 Å². The number of halogens is 1. The van der Waals surface area contributed by atoms with Crippen LogP contribution in [0.3, 0.4) is 0 Å². The number of nitrogens with one attached hydrogen (secondary N) is 1. The third-order valence-corrected chi connectivity index (χ3v) is 3.11. The van der Waals surface area contributed by atoms with E-state index in [9.17, 15) is 9.18 Å². The molecule has 1 atom stereocenters. The van der Waals surface area contributed by atoms with Crippen LogP contribution in [0, 0.1) is 5.82 Å². The number of carbonyl (C=O) groups is 1. The van der Waals surface area contributed by atoms with Gasteiger partial charge in [-0.1, -0.05) is 0 Å². The van der Waals surface area contributed by atoms with Crippen molar-refractivity contribution in [1.29, 1.82) is 0 Å². The molecular formula is C14H19FN2O3. The Morgan fingerprint density at radius 2 is 2.25 bits per heavy atom. The summed E-state index contributed by atoms with van der Waals surface area (Å²) < 4.78 is 23.4. The summed E-state index contributed by atoms with van der Waals surface area (Å²) in [6.07, 6.45) is 0. The van der Waals surface area contributed by atoms with Crippen LogP contribution in [-0.2, 0) is 9.53 Å². The van der Waals surface area contributed by atoms with E-state index < -0.39 is 0 Å². The van der Waals surface area contributed by atoms with E-state index in [1.54, 1.807) is 24.1 Å². The third-order valence-electron chi connectivity index (χ3n) is 3.11. The smallest absolute Gasteiger partial charge is 0.241 e. The highest BCUT2D eigenvalue weighted by atomic mass is 19.1. The minimum absolute atomic E-state index is 0.00703. The second-order valence-electron chi connectivity index (χ2n) is 4.64. The molecule has 110 valence electrons. The van der Waals surface area contributed by atoms with E-state index in [-0.39, 0.29) is 17.8 Å². The maximum atomic E-state index is 12.7. The number of likely N-dealkylation sites (N-methyl/N-ethyl adjacent to an activating group) is 1. The van der Waals surface area contributed by atoms with Crippen LogP contribution in [0.2, 0.25) is 0 Å². The number of hydrogen-bond donors (Lipinski definition) is 1. The molecule has 5 nitrogen and oxygen atoms in total. The van der Waals surface area contributed by atoms with Crippen LogP contribution in [0.5, 0.6) is 5.75 Å². The fourth-order valence-corrected chi connectivity index (χ4v) is 1.93. The van der Waals surface area contributed by atoms with Crippen molar-refractivity contribution < 1.29 is 18.7 Å². The van der Waals surface area contributed by atoms with Crippen molar-refractivity contribution >= 4 is 5.91 Å². The number of benzene rings is 1. The summed E-state index contributed by atoms with van der Waals surface area (Å²) in [5.74, 6) is 0.284. The first-order valence-corrected chi connectivity index (χ1v) is 6.61. The SMILES string of the molecule is CN(CCOc1ccc(F)cc1)C(=O)C1COCCN1. The van der Waals surface area contributed by atoms with Crippen molar-refractivity contribution in [3.63, 3.8) is 0 Å². The van der Waals surface area contributed by atoms with E-state index in [2.05, 4.69) is 5.32 Å². The Hall–Kier alpha value is -1.66. The Bertz CT molecular complexity index is 433. The van der Waals surface area contributed by atoms with Gasteiger partial charge < -0.3 is 19.7 Å². The molecule has 1 aliphatic heterocycles. The quantitative estimate of drug-likeness (QED) is 0.861. The van der Waals surface area contributed by atoms with E-state index in [1.165, 1.54) is 12.1 Å². The lowest BCUT2D eigenvalue weighted by Crippen LogP contribution is -2.52. The van der Waals surface area contributed by atoms with E-state index in [1.807, 2.05) is 0 Å². The molecule has 1 saturated heterocycles. The summed E-state index contributed by atoms with van der Waals surface area (Å²) in [5.41, 5.74) is 0. The summed E-state index contributed by atoms with van der Waals surface area (Å²) in [6.45, 7) is 2.56. The lowest BCUT2D eigenvalue weighted by Gasteiger charge is -2.27. The van der Waals surface area contributed by atoms with Crippen LogP contribution in [0.15, 0.2) is 24.3 Å². The molecule has 1 amide bonds. The largest absolute Gasteiger partial charge is 0.492 e. The lowest BCUT2D eigenvalue weighted by atomic mass is 10.2. The molecule has 0 aromatic heterocycles. The van der Waals surface area contributed by atoms with Crippen LogP contribution >= 0.6 is 0 Å². The number of nitrogens with zero attached hydrogens (tertiary/aromatic N) is 1. The van der Waals surface area contributed by atoms with Crippen LogP contribution < -0.4 is 10.1 Å². The van der Waals surface area contributed by atoms with Gasteiger partial charge in [-0.15, -0.1) is 0 Å². The van der Waals surface area contributed by atoms with Gasteiger partial charge in [0.05, 0.1) is 19.8 Å². The van der Waals surface area contributed by atoms with Gasteiger partial charge in [0, 0.05) is 13.6 Å². The average Bonchev–Trinajstić information content (AvgIpc) is 2.49. The normalized spacial score (nSPS) is 18.6. The molecule has 6 heteroatoms. The predicted octanol–water partition coefficient (Wildman–Crippen LogP) is 0.651. The molecule has 0 radical (unpaired) electrons. The molecule has 0 bridgehead atoms. The fraction of sp³-hybridized carbons (Fsp3) is 0.500. The zero-order valence-corrected chi connectivity index (χ0v) is 11.5. The predicted molar refractivity (Wildman–Crippen MR) is 72.1 cm³/mol.